The van der Waals surface area contributed by atoms with E-state index in [-0.39, 0.29) is 12.0 Å². The number of carbonyl (C=O) groups is 1. The van der Waals surface area contributed by atoms with Gasteiger partial charge in [0.15, 0.2) is 0 Å². The molecule has 1 aliphatic carbocycles. The molecular formula is C11H19NO2. The van der Waals surface area contributed by atoms with Gasteiger partial charge in [0.1, 0.15) is 6.04 Å². The number of rotatable bonds is 1. The summed E-state index contributed by atoms with van der Waals surface area (Å²) in [5.41, 5.74) is 0. The Morgan fingerprint density at radius 1 is 1.21 bits per heavy atom. The highest BCUT2D eigenvalue weighted by molar-refractivity contribution is 5.75. The fourth-order valence-electron chi connectivity index (χ4n) is 2.82. The van der Waals surface area contributed by atoms with Gasteiger partial charge in [-0.1, -0.05) is 12.8 Å². The number of nitrogens with one attached hydrogen (secondary N) is 1. The minimum absolute atomic E-state index is 0.0423. The summed E-state index contributed by atoms with van der Waals surface area (Å²) in [5.74, 6) is 0.721. The smallest absolute Gasteiger partial charge is 0.322 e. The second-order valence-electron chi connectivity index (χ2n) is 4.47. The fourth-order valence-corrected chi connectivity index (χ4v) is 2.82. The van der Waals surface area contributed by atoms with Gasteiger partial charge < -0.3 is 10.1 Å². The lowest BCUT2D eigenvalue weighted by molar-refractivity contribution is -0.144. The van der Waals surface area contributed by atoms with Crippen molar-refractivity contribution in [1.82, 2.24) is 5.32 Å². The number of fused-ring (bicyclic) bond motifs is 1. The summed E-state index contributed by atoms with van der Waals surface area (Å²) in [6.45, 7) is 0. The van der Waals surface area contributed by atoms with Crippen molar-refractivity contribution < 1.29 is 9.53 Å². The monoisotopic (exact) mass is 197 g/mol. The SMILES string of the molecule is COC(=O)[C@@H]1CC[C@H]2CCCC[C@@H]2N1. The van der Waals surface area contributed by atoms with E-state index in [4.69, 9.17) is 4.74 Å². The van der Waals surface area contributed by atoms with Crippen molar-refractivity contribution in [2.45, 2.75) is 50.6 Å². The van der Waals surface area contributed by atoms with Gasteiger partial charge in [-0.25, -0.2) is 0 Å². The number of esters is 1. The zero-order valence-corrected chi connectivity index (χ0v) is 8.79. The number of ether oxygens (including phenoxy) is 1. The molecule has 1 N–H and O–H groups in total. The van der Waals surface area contributed by atoms with E-state index in [1.807, 2.05) is 0 Å². The Balaban J connectivity index is 1.92. The van der Waals surface area contributed by atoms with Crippen LogP contribution in [0.5, 0.6) is 0 Å². The van der Waals surface area contributed by atoms with E-state index in [1.54, 1.807) is 0 Å². The summed E-state index contributed by atoms with van der Waals surface area (Å²) in [7, 11) is 1.47. The van der Waals surface area contributed by atoms with Crippen LogP contribution in [0.2, 0.25) is 0 Å². The first-order chi connectivity index (χ1) is 6.81. The fraction of sp³-hybridized carbons (Fsp3) is 0.909. The zero-order valence-electron chi connectivity index (χ0n) is 8.79. The van der Waals surface area contributed by atoms with Gasteiger partial charge in [0.2, 0.25) is 0 Å². The first-order valence-electron chi connectivity index (χ1n) is 5.65. The molecule has 0 aromatic heterocycles. The minimum Gasteiger partial charge on any atom is -0.468 e. The molecule has 0 aromatic carbocycles. The summed E-state index contributed by atoms with van der Waals surface area (Å²) >= 11 is 0. The maximum atomic E-state index is 11.4. The van der Waals surface area contributed by atoms with E-state index in [1.165, 1.54) is 39.2 Å². The molecule has 1 saturated heterocycles. The molecule has 0 spiro atoms. The molecule has 0 amide bonds. The number of piperidine rings is 1. The standard InChI is InChI=1S/C11H19NO2/c1-14-11(13)10-7-6-8-4-2-3-5-9(8)12-10/h8-10,12H,2-7H2,1H3/t8-,9+,10+/m1/s1. The van der Waals surface area contributed by atoms with E-state index in [9.17, 15) is 4.79 Å². The van der Waals surface area contributed by atoms with Gasteiger partial charge >= 0.3 is 5.97 Å². The van der Waals surface area contributed by atoms with Crippen molar-refractivity contribution >= 4 is 5.97 Å². The lowest BCUT2D eigenvalue weighted by Gasteiger charge is -2.39. The highest BCUT2D eigenvalue weighted by Gasteiger charge is 2.34. The summed E-state index contributed by atoms with van der Waals surface area (Å²) in [4.78, 5) is 11.4. The molecule has 1 aliphatic heterocycles. The van der Waals surface area contributed by atoms with Crippen LogP contribution in [0.25, 0.3) is 0 Å². The molecule has 0 radical (unpaired) electrons. The summed E-state index contributed by atoms with van der Waals surface area (Å²) in [5, 5.41) is 3.43. The molecular weight excluding hydrogens is 178 g/mol. The molecule has 1 heterocycles. The average molecular weight is 197 g/mol. The van der Waals surface area contributed by atoms with Crippen LogP contribution in [0.3, 0.4) is 0 Å². The third-order valence-corrected chi connectivity index (χ3v) is 3.64. The lowest BCUT2D eigenvalue weighted by atomic mass is 9.78. The first-order valence-corrected chi connectivity index (χ1v) is 5.65. The van der Waals surface area contributed by atoms with Gasteiger partial charge in [0.25, 0.3) is 0 Å². The van der Waals surface area contributed by atoms with Crippen LogP contribution < -0.4 is 5.32 Å². The van der Waals surface area contributed by atoms with Gasteiger partial charge in [-0.15, -0.1) is 0 Å². The molecule has 0 unspecified atom stereocenters. The van der Waals surface area contributed by atoms with E-state index < -0.39 is 0 Å². The van der Waals surface area contributed by atoms with E-state index in [0.717, 1.165) is 12.3 Å². The molecule has 2 rings (SSSR count). The third kappa shape index (κ3) is 1.92. The van der Waals surface area contributed by atoms with Crippen LogP contribution >= 0.6 is 0 Å². The summed E-state index contributed by atoms with van der Waals surface area (Å²) in [6, 6.07) is 0.529. The predicted molar refractivity (Wildman–Crippen MR) is 53.9 cm³/mol. The molecule has 3 atom stereocenters. The number of hydrogen-bond donors (Lipinski definition) is 1. The highest BCUT2D eigenvalue weighted by Crippen LogP contribution is 2.32. The molecule has 2 aliphatic rings. The van der Waals surface area contributed by atoms with E-state index >= 15 is 0 Å². The molecule has 0 aromatic rings. The molecule has 1 saturated carbocycles. The average Bonchev–Trinajstić information content (AvgIpc) is 2.27. The Labute approximate surface area is 85.2 Å². The van der Waals surface area contributed by atoms with Gasteiger partial charge in [-0.3, -0.25) is 4.79 Å². The number of hydrogen-bond acceptors (Lipinski definition) is 3. The topological polar surface area (TPSA) is 38.3 Å². The second-order valence-corrected chi connectivity index (χ2v) is 4.47. The van der Waals surface area contributed by atoms with Gasteiger partial charge in [0.05, 0.1) is 7.11 Å². The molecule has 14 heavy (non-hydrogen) atoms. The first kappa shape index (κ1) is 9.97. The Morgan fingerprint density at radius 2 is 2.00 bits per heavy atom. The van der Waals surface area contributed by atoms with Crippen molar-refractivity contribution in [2.24, 2.45) is 5.92 Å². The molecule has 3 nitrogen and oxygen atoms in total. The molecule has 0 bridgehead atoms. The highest BCUT2D eigenvalue weighted by atomic mass is 16.5. The van der Waals surface area contributed by atoms with Crippen LogP contribution in [0.4, 0.5) is 0 Å². The lowest BCUT2D eigenvalue weighted by Crippen LogP contribution is -2.52. The minimum atomic E-state index is -0.0889. The number of methoxy groups -OCH3 is 1. The van der Waals surface area contributed by atoms with Gasteiger partial charge in [-0.05, 0) is 31.6 Å². The predicted octanol–water partition coefficient (Wildman–Crippen LogP) is 1.47. The Kier molecular flexibility index (Phi) is 3.06. The normalized spacial score (nSPS) is 37.4. The van der Waals surface area contributed by atoms with Crippen LogP contribution in [-0.4, -0.2) is 25.2 Å². The number of carbonyl (C=O) groups excluding carboxylic acids is 1. The molecule has 3 heteroatoms. The maximum absolute atomic E-state index is 11.4. The Bertz CT molecular complexity index is 217. The molecule has 80 valence electrons. The quantitative estimate of drug-likeness (QED) is 0.647. The van der Waals surface area contributed by atoms with E-state index in [0.29, 0.717) is 6.04 Å². The van der Waals surface area contributed by atoms with Crippen molar-refractivity contribution in [3.63, 3.8) is 0 Å². The van der Waals surface area contributed by atoms with Crippen molar-refractivity contribution in [3.8, 4) is 0 Å². The van der Waals surface area contributed by atoms with Gasteiger partial charge in [0, 0.05) is 6.04 Å². The van der Waals surface area contributed by atoms with Crippen molar-refractivity contribution in [2.75, 3.05) is 7.11 Å². The van der Waals surface area contributed by atoms with E-state index in [2.05, 4.69) is 5.32 Å². The van der Waals surface area contributed by atoms with Crippen LogP contribution in [0.1, 0.15) is 38.5 Å². The summed E-state index contributed by atoms with van der Waals surface area (Å²) in [6.07, 6.45) is 7.39. The van der Waals surface area contributed by atoms with Crippen LogP contribution in [-0.2, 0) is 9.53 Å². The molecule has 2 fully saturated rings. The third-order valence-electron chi connectivity index (χ3n) is 3.64. The Hall–Kier alpha value is -0.570. The zero-order chi connectivity index (χ0) is 9.97. The van der Waals surface area contributed by atoms with Crippen molar-refractivity contribution in [3.05, 3.63) is 0 Å². The maximum Gasteiger partial charge on any atom is 0.322 e. The second kappa shape index (κ2) is 4.30. The summed E-state index contributed by atoms with van der Waals surface area (Å²) < 4.78 is 4.77. The van der Waals surface area contributed by atoms with Crippen molar-refractivity contribution in [1.29, 1.82) is 0 Å². The Morgan fingerprint density at radius 3 is 2.79 bits per heavy atom. The van der Waals surface area contributed by atoms with Crippen LogP contribution in [0.15, 0.2) is 0 Å². The van der Waals surface area contributed by atoms with Gasteiger partial charge in [-0.2, -0.15) is 0 Å². The van der Waals surface area contributed by atoms with Crippen LogP contribution in [0, 0.1) is 5.92 Å². The largest absolute Gasteiger partial charge is 0.468 e.